The molecule has 72 valence electrons. The van der Waals surface area contributed by atoms with E-state index in [0.29, 0.717) is 9.32 Å². The second-order valence-electron chi connectivity index (χ2n) is 2.80. The van der Waals surface area contributed by atoms with Gasteiger partial charge in [-0.25, -0.2) is 4.39 Å². The van der Waals surface area contributed by atoms with Crippen molar-refractivity contribution in [1.82, 2.24) is 4.98 Å². The van der Waals surface area contributed by atoms with E-state index in [-0.39, 0.29) is 5.82 Å². The molecule has 2 nitrogen and oxygen atoms in total. The first-order chi connectivity index (χ1) is 6.72. The molecule has 0 saturated carbocycles. The average Bonchev–Trinajstić information content (AvgIpc) is 2.23. The smallest absolute Gasteiger partial charge is 0.155 e. The molecule has 0 fully saturated rings. The minimum absolute atomic E-state index is 0.300. The number of halogens is 2. The Kier molecular flexibility index (Phi) is 2.54. The second kappa shape index (κ2) is 3.68. The lowest BCUT2D eigenvalue weighted by Crippen LogP contribution is -1.89. The Morgan fingerprint density at radius 3 is 2.93 bits per heavy atom. The van der Waals surface area contributed by atoms with Gasteiger partial charge in [0.2, 0.25) is 0 Å². The van der Waals surface area contributed by atoms with Crippen molar-refractivity contribution in [3.8, 4) is 5.75 Å². The molecule has 2 aromatic rings. The third kappa shape index (κ3) is 1.54. The van der Waals surface area contributed by atoms with Crippen LogP contribution < -0.4 is 4.74 Å². The second-order valence-corrected chi connectivity index (χ2v) is 3.88. The number of aromatic nitrogens is 1. The molecule has 1 aromatic heterocycles. The van der Waals surface area contributed by atoms with Crippen LogP contribution >= 0.6 is 22.6 Å². The molecule has 0 aliphatic rings. The van der Waals surface area contributed by atoms with E-state index in [2.05, 4.69) is 4.98 Å². The molecule has 1 aromatic carbocycles. The lowest BCUT2D eigenvalue weighted by atomic mass is 10.2. The molecule has 0 radical (unpaired) electrons. The number of fused-ring (bicyclic) bond motifs is 1. The van der Waals surface area contributed by atoms with Crippen molar-refractivity contribution in [2.75, 3.05) is 7.11 Å². The lowest BCUT2D eigenvalue weighted by Gasteiger charge is -2.03. The molecule has 0 N–H and O–H groups in total. The summed E-state index contributed by atoms with van der Waals surface area (Å²) in [5.74, 6) is 0.411. The van der Waals surface area contributed by atoms with Crippen LogP contribution in [0, 0.1) is 9.39 Å². The fourth-order valence-corrected chi connectivity index (χ4v) is 1.81. The highest BCUT2D eigenvalue weighted by atomic mass is 127. The molecule has 2 rings (SSSR count). The molecule has 0 aliphatic heterocycles. The molecule has 0 aliphatic carbocycles. The molecule has 0 amide bonds. The molecule has 14 heavy (non-hydrogen) atoms. The molecule has 0 saturated heterocycles. The summed E-state index contributed by atoms with van der Waals surface area (Å²) in [5.41, 5.74) is 0.775. The monoisotopic (exact) mass is 303 g/mol. The van der Waals surface area contributed by atoms with Crippen LogP contribution in [0.1, 0.15) is 0 Å². The minimum atomic E-state index is -0.300. The Hall–Kier alpha value is -0.910. The summed E-state index contributed by atoms with van der Waals surface area (Å²) in [4.78, 5) is 3.98. The van der Waals surface area contributed by atoms with Crippen LogP contribution in [0.5, 0.6) is 5.75 Å². The number of benzene rings is 1. The van der Waals surface area contributed by atoms with Gasteiger partial charge in [-0.1, -0.05) is 0 Å². The molecule has 0 unspecified atom stereocenters. The maximum Gasteiger partial charge on any atom is 0.155 e. The number of methoxy groups -OCH3 is 1. The Morgan fingerprint density at radius 1 is 1.43 bits per heavy atom. The van der Waals surface area contributed by atoms with Crippen LogP contribution in [-0.4, -0.2) is 12.1 Å². The minimum Gasteiger partial charge on any atom is -0.497 e. The molecule has 1 heterocycles. The average molecular weight is 303 g/mol. The van der Waals surface area contributed by atoms with Gasteiger partial charge in [0.25, 0.3) is 0 Å². The van der Waals surface area contributed by atoms with E-state index in [4.69, 9.17) is 4.74 Å². The van der Waals surface area contributed by atoms with Crippen LogP contribution in [0.4, 0.5) is 4.39 Å². The molecular weight excluding hydrogens is 296 g/mol. The predicted octanol–water partition coefficient (Wildman–Crippen LogP) is 2.99. The topological polar surface area (TPSA) is 22.1 Å². The van der Waals surface area contributed by atoms with Gasteiger partial charge in [-0.3, -0.25) is 4.98 Å². The predicted molar refractivity (Wildman–Crippen MR) is 61.0 cm³/mol. The number of rotatable bonds is 1. The van der Waals surface area contributed by atoms with Gasteiger partial charge in [0.15, 0.2) is 5.82 Å². The zero-order chi connectivity index (χ0) is 10.1. The van der Waals surface area contributed by atoms with E-state index < -0.39 is 0 Å². The van der Waals surface area contributed by atoms with Crippen LogP contribution in [0.25, 0.3) is 10.9 Å². The lowest BCUT2D eigenvalue weighted by molar-refractivity contribution is 0.415. The summed E-state index contributed by atoms with van der Waals surface area (Å²) in [6.45, 7) is 0. The van der Waals surface area contributed by atoms with Gasteiger partial charge < -0.3 is 4.74 Å². The Balaban J connectivity index is 2.78. The third-order valence-electron chi connectivity index (χ3n) is 1.97. The highest BCUT2D eigenvalue weighted by molar-refractivity contribution is 14.1. The summed E-state index contributed by atoms with van der Waals surface area (Å²) in [5, 5.41) is 0.782. The number of ether oxygens (including phenoxy) is 1. The Bertz CT molecular complexity index is 487. The number of hydrogen-bond donors (Lipinski definition) is 0. The fourth-order valence-electron chi connectivity index (χ4n) is 1.24. The quantitative estimate of drug-likeness (QED) is 0.756. The van der Waals surface area contributed by atoms with E-state index >= 15 is 0 Å². The highest BCUT2D eigenvalue weighted by Crippen LogP contribution is 2.25. The maximum absolute atomic E-state index is 13.2. The summed E-state index contributed by atoms with van der Waals surface area (Å²) in [6.07, 6.45) is 1.23. The van der Waals surface area contributed by atoms with Gasteiger partial charge in [-0.2, -0.15) is 0 Å². The first-order valence-electron chi connectivity index (χ1n) is 4.00. The highest BCUT2D eigenvalue weighted by Gasteiger charge is 2.06. The van der Waals surface area contributed by atoms with E-state index in [1.807, 2.05) is 34.7 Å². The summed E-state index contributed by atoms with van der Waals surface area (Å²) >= 11 is 1.97. The number of hydrogen-bond acceptors (Lipinski definition) is 2. The van der Waals surface area contributed by atoms with Gasteiger partial charge in [-0.05, 0) is 40.8 Å². The van der Waals surface area contributed by atoms with E-state index in [1.165, 1.54) is 6.20 Å². The normalized spacial score (nSPS) is 10.5. The van der Waals surface area contributed by atoms with Crippen molar-refractivity contribution in [2.45, 2.75) is 0 Å². The van der Waals surface area contributed by atoms with Crippen LogP contribution in [0.2, 0.25) is 0 Å². The zero-order valence-electron chi connectivity index (χ0n) is 7.42. The molecule has 4 heteroatoms. The zero-order valence-corrected chi connectivity index (χ0v) is 9.58. The Morgan fingerprint density at radius 2 is 2.21 bits per heavy atom. The van der Waals surface area contributed by atoms with Gasteiger partial charge in [-0.15, -0.1) is 0 Å². The number of nitrogens with zero attached hydrogens (tertiary/aromatic N) is 1. The molecular formula is C10H7FINO. The maximum atomic E-state index is 13.2. The van der Waals surface area contributed by atoms with Crippen molar-refractivity contribution >= 4 is 33.5 Å². The van der Waals surface area contributed by atoms with Crippen molar-refractivity contribution in [3.63, 3.8) is 0 Å². The SMILES string of the molecule is COc1ccc2ncc(F)c(I)c2c1. The van der Waals surface area contributed by atoms with Gasteiger partial charge in [0, 0.05) is 5.39 Å². The Labute approximate surface area is 94.2 Å². The fraction of sp³-hybridized carbons (Fsp3) is 0.100. The van der Waals surface area contributed by atoms with Crippen LogP contribution in [-0.2, 0) is 0 Å². The standard InChI is InChI=1S/C10H7FINO/c1-14-6-2-3-9-7(4-6)10(12)8(11)5-13-9/h2-5H,1H3. The summed E-state index contributed by atoms with van der Waals surface area (Å²) in [6, 6.07) is 5.41. The van der Waals surface area contributed by atoms with Gasteiger partial charge in [0.1, 0.15) is 5.75 Å². The molecule has 0 spiro atoms. The summed E-state index contributed by atoms with van der Waals surface area (Å²) in [7, 11) is 1.58. The van der Waals surface area contributed by atoms with Crippen LogP contribution in [0.15, 0.2) is 24.4 Å². The van der Waals surface area contributed by atoms with E-state index in [1.54, 1.807) is 13.2 Å². The number of pyridine rings is 1. The van der Waals surface area contributed by atoms with Gasteiger partial charge in [0.05, 0.1) is 22.4 Å². The van der Waals surface area contributed by atoms with Crippen molar-refractivity contribution < 1.29 is 9.13 Å². The van der Waals surface area contributed by atoms with Crippen molar-refractivity contribution in [1.29, 1.82) is 0 Å². The van der Waals surface area contributed by atoms with Crippen molar-refractivity contribution in [2.24, 2.45) is 0 Å². The van der Waals surface area contributed by atoms with Crippen LogP contribution in [0.3, 0.4) is 0 Å². The first-order valence-corrected chi connectivity index (χ1v) is 5.08. The van der Waals surface area contributed by atoms with E-state index in [9.17, 15) is 4.39 Å². The van der Waals surface area contributed by atoms with Gasteiger partial charge >= 0.3 is 0 Å². The molecule has 0 bridgehead atoms. The summed E-state index contributed by atoms with van der Waals surface area (Å²) < 4.78 is 18.8. The van der Waals surface area contributed by atoms with Crippen molar-refractivity contribution in [3.05, 3.63) is 33.8 Å². The first kappa shape index (κ1) is 9.64. The molecule has 0 atom stereocenters. The largest absolute Gasteiger partial charge is 0.497 e. The van der Waals surface area contributed by atoms with E-state index in [0.717, 1.165) is 10.9 Å². The third-order valence-corrected chi connectivity index (χ3v) is 3.06.